The Morgan fingerprint density at radius 2 is 2.00 bits per heavy atom. The molecule has 1 fully saturated rings. The fourth-order valence-electron chi connectivity index (χ4n) is 2.96. The summed E-state index contributed by atoms with van der Waals surface area (Å²) in [6.07, 6.45) is 4.97. The van der Waals surface area contributed by atoms with Crippen LogP contribution in [0.1, 0.15) is 49.6 Å². The maximum absolute atomic E-state index is 6.11. The molecule has 82 valence electrons. The highest BCUT2D eigenvalue weighted by Crippen LogP contribution is 2.57. The Labute approximate surface area is 90.4 Å². The van der Waals surface area contributed by atoms with Gasteiger partial charge >= 0.3 is 0 Å². The lowest BCUT2D eigenvalue weighted by Gasteiger charge is -2.11. The first-order valence-electron chi connectivity index (χ1n) is 5.94. The third-order valence-electron chi connectivity index (χ3n) is 4.29. The number of hydrogen-bond donors (Lipinski definition) is 2. The van der Waals surface area contributed by atoms with Crippen molar-refractivity contribution in [1.82, 2.24) is 10.2 Å². The van der Waals surface area contributed by atoms with E-state index in [0.717, 1.165) is 0 Å². The molecule has 3 rings (SSSR count). The number of nitrogens with two attached hydrogens (primary N) is 1. The molecule has 3 heteroatoms. The van der Waals surface area contributed by atoms with Gasteiger partial charge in [-0.3, -0.25) is 5.10 Å². The number of H-pyrrole nitrogens is 1. The van der Waals surface area contributed by atoms with E-state index in [-0.39, 0.29) is 5.41 Å². The third-order valence-corrected chi connectivity index (χ3v) is 4.29. The number of nitrogens with one attached hydrogen (secondary N) is 1. The number of aromatic amines is 1. The highest BCUT2D eigenvalue weighted by atomic mass is 15.1. The van der Waals surface area contributed by atoms with Crippen molar-refractivity contribution in [3.63, 3.8) is 0 Å². The highest BCUT2D eigenvalue weighted by Gasteiger charge is 2.58. The summed E-state index contributed by atoms with van der Waals surface area (Å²) in [5, 5.41) is 7.70. The number of aryl methyl sites for hydroxylation is 1. The molecule has 0 unspecified atom stereocenters. The molecule has 0 bridgehead atoms. The molecule has 2 atom stereocenters. The molecule has 1 aromatic heterocycles. The van der Waals surface area contributed by atoms with Gasteiger partial charge in [0.05, 0.1) is 5.69 Å². The van der Waals surface area contributed by atoms with Crippen LogP contribution in [0.25, 0.3) is 0 Å². The smallest absolute Gasteiger partial charge is 0.0709 e. The maximum Gasteiger partial charge on any atom is 0.0709 e. The van der Waals surface area contributed by atoms with E-state index in [4.69, 9.17) is 5.73 Å². The van der Waals surface area contributed by atoms with E-state index in [2.05, 4.69) is 24.0 Å². The molecule has 0 aliphatic heterocycles. The summed E-state index contributed by atoms with van der Waals surface area (Å²) in [7, 11) is 0. The number of rotatable bonds is 1. The quantitative estimate of drug-likeness (QED) is 0.733. The van der Waals surface area contributed by atoms with Crippen LogP contribution in [0.4, 0.5) is 0 Å². The van der Waals surface area contributed by atoms with Gasteiger partial charge in [-0.1, -0.05) is 13.8 Å². The van der Waals surface area contributed by atoms with Gasteiger partial charge in [0, 0.05) is 17.7 Å². The first-order chi connectivity index (χ1) is 7.12. The molecule has 2 aliphatic carbocycles. The fourth-order valence-corrected chi connectivity index (χ4v) is 2.96. The lowest BCUT2D eigenvalue weighted by Crippen LogP contribution is -2.07. The minimum atomic E-state index is 0.250. The highest BCUT2D eigenvalue weighted by molar-refractivity contribution is 5.38. The third kappa shape index (κ3) is 1.19. The standard InChI is InChI=1S/C12H19N3/c1-12(2)9(11(12)13)10-7-5-3-4-6-8(7)14-15-10/h9,11H,3-6,13H2,1-2H3,(H,14,15)/t9-,11-/m0/s1. The lowest BCUT2D eigenvalue weighted by molar-refractivity contribution is 0.592. The predicted octanol–water partition coefficient (Wildman–Crippen LogP) is 1.74. The molecule has 15 heavy (non-hydrogen) atoms. The van der Waals surface area contributed by atoms with Crippen molar-refractivity contribution in [2.45, 2.75) is 51.5 Å². The van der Waals surface area contributed by atoms with Gasteiger partial charge in [0.2, 0.25) is 0 Å². The zero-order valence-corrected chi connectivity index (χ0v) is 9.51. The van der Waals surface area contributed by atoms with Crippen LogP contribution < -0.4 is 5.73 Å². The first kappa shape index (κ1) is 9.40. The van der Waals surface area contributed by atoms with Crippen molar-refractivity contribution in [3.8, 4) is 0 Å². The minimum Gasteiger partial charge on any atom is -0.327 e. The molecule has 0 aromatic carbocycles. The van der Waals surface area contributed by atoms with Gasteiger partial charge in [-0.05, 0) is 36.7 Å². The van der Waals surface area contributed by atoms with Crippen molar-refractivity contribution >= 4 is 0 Å². The summed E-state index contributed by atoms with van der Waals surface area (Å²) in [6.45, 7) is 4.48. The molecule has 0 amide bonds. The molecule has 0 radical (unpaired) electrons. The van der Waals surface area contributed by atoms with E-state index in [9.17, 15) is 0 Å². The number of nitrogens with zero attached hydrogens (tertiary/aromatic N) is 1. The Balaban J connectivity index is 1.97. The number of hydrogen-bond acceptors (Lipinski definition) is 2. The van der Waals surface area contributed by atoms with Crippen molar-refractivity contribution in [3.05, 3.63) is 17.0 Å². The van der Waals surface area contributed by atoms with Crippen LogP contribution in [0.2, 0.25) is 0 Å². The summed E-state index contributed by atoms with van der Waals surface area (Å²) in [6, 6.07) is 0.298. The summed E-state index contributed by atoms with van der Waals surface area (Å²) in [5.74, 6) is 0.482. The van der Waals surface area contributed by atoms with Crippen molar-refractivity contribution in [2.75, 3.05) is 0 Å². The van der Waals surface area contributed by atoms with Gasteiger partial charge in [-0.2, -0.15) is 5.10 Å². The average Bonchev–Trinajstić information content (AvgIpc) is 2.63. The Hall–Kier alpha value is -0.830. The van der Waals surface area contributed by atoms with Gasteiger partial charge < -0.3 is 5.73 Å². The predicted molar refractivity (Wildman–Crippen MR) is 59.7 cm³/mol. The van der Waals surface area contributed by atoms with E-state index in [1.807, 2.05) is 0 Å². The van der Waals surface area contributed by atoms with E-state index >= 15 is 0 Å². The lowest BCUT2D eigenvalue weighted by atomic mass is 9.93. The van der Waals surface area contributed by atoms with E-state index in [1.165, 1.54) is 42.6 Å². The fraction of sp³-hybridized carbons (Fsp3) is 0.750. The number of fused-ring (bicyclic) bond motifs is 1. The molecular formula is C12H19N3. The van der Waals surface area contributed by atoms with Crippen LogP contribution >= 0.6 is 0 Å². The van der Waals surface area contributed by atoms with Gasteiger partial charge in [-0.25, -0.2) is 0 Å². The van der Waals surface area contributed by atoms with Gasteiger partial charge in [0.15, 0.2) is 0 Å². The SMILES string of the molecule is CC1(C)[C@@H](N)[C@@H]1c1n[nH]c2c1CCCC2. The van der Waals surface area contributed by atoms with Crippen molar-refractivity contribution in [1.29, 1.82) is 0 Å². The van der Waals surface area contributed by atoms with E-state index in [1.54, 1.807) is 0 Å². The van der Waals surface area contributed by atoms with Crippen molar-refractivity contribution in [2.24, 2.45) is 11.1 Å². The van der Waals surface area contributed by atoms with E-state index < -0.39 is 0 Å². The van der Waals surface area contributed by atoms with Crippen LogP contribution in [0.15, 0.2) is 0 Å². The molecule has 3 nitrogen and oxygen atoms in total. The zero-order chi connectivity index (χ0) is 10.6. The zero-order valence-electron chi connectivity index (χ0n) is 9.51. The second-order valence-electron chi connectivity index (χ2n) is 5.60. The molecule has 0 spiro atoms. The maximum atomic E-state index is 6.11. The first-order valence-corrected chi connectivity index (χ1v) is 5.94. The van der Waals surface area contributed by atoms with Crippen LogP contribution in [0, 0.1) is 5.41 Å². The number of aromatic nitrogens is 2. The largest absolute Gasteiger partial charge is 0.327 e. The monoisotopic (exact) mass is 205 g/mol. The van der Waals surface area contributed by atoms with Gasteiger partial charge in [-0.15, -0.1) is 0 Å². The van der Waals surface area contributed by atoms with Gasteiger partial charge in [0.25, 0.3) is 0 Å². The summed E-state index contributed by atoms with van der Waals surface area (Å²) in [4.78, 5) is 0. The molecule has 3 N–H and O–H groups in total. The second-order valence-corrected chi connectivity index (χ2v) is 5.60. The molecule has 1 aromatic rings. The van der Waals surface area contributed by atoms with Crippen LogP contribution in [-0.2, 0) is 12.8 Å². The Morgan fingerprint density at radius 3 is 2.67 bits per heavy atom. The Morgan fingerprint density at radius 1 is 1.33 bits per heavy atom. The summed E-state index contributed by atoms with van der Waals surface area (Å²) >= 11 is 0. The molecule has 1 saturated carbocycles. The van der Waals surface area contributed by atoms with Crippen LogP contribution in [0.3, 0.4) is 0 Å². The summed E-state index contributed by atoms with van der Waals surface area (Å²) in [5.41, 5.74) is 10.5. The topological polar surface area (TPSA) is 54.7 Å². The normalized spacial score (nSPS) is 32.5. The molecule has 0 saturated heterocycles. The Bertz CT molecular complexity index is 392. The van der Waals surface area contributed by atoms with E-state index in [0.29, 0.717) is 12.0 Å². The average molecular weight is 205 g/mol. The second kappa shape index (κ2) is 2.85. The Kier molecular flexibility index (Phi) is 1.78. The molecular weight excluding hydrogens is 186 g/mol. The molecule has 1 heterocycles. The van der Waals surface area contributed by atoms with Crippen molar-refractivity contribution < 1.29 is 0 Å². The summed E-state index contributed by atoms with van der Waals surface area (Å²) < 4.78 is 0. The molecule has 2 aliphatic rings. The van der Waals surface area contributed by atoms with Gasteiger partial charge in [0.1, 0.15) is 0 Å². The van der Waals surface area contributed by atoms with Crippen LogP contribution in [-0.4, -0.2) is 16.2 Å². The van der Waals surface area contributed by atoms with Crippen LogP contribution in [0.5, 0.6) is 0 Å². The minimum absolute atomic E-state index is 0.250.